The minimum Gasteiger partial charge on any atom is -0.393 e. The van der Waals surface area contributed by atoms with Crippen LogP contribution in [0.25, 0.3) is 0 Å². The summed E-state index contributed by atoms with van der Waals surface area (Å²) in [5.41, 5.74) is 0. The number of hydrogen-bond acceptors (Lipinski definition) is 2. The molecule has 3 aliphatic rings. The van der Waals surface area contributed by atoms with Crippen LogP contribution in [0.5, 0.6) is 0 Å². The number of epoxide rings is 1. The topological polar surface area (TPSA) is 32.8 Å². The van der Waals surface area contributed by atoms with Crippen molar-refractivity contribution in [3.63, 3.8) is 0 Å². The van der Waals surface area contributed by atoms with Gasteiger partial charge in [-0.1, -0.05) is 0 Å². The van der Waals surface area contributed by atoms with Gasteiger partial charge in [0.15, 0.2) is 0 Å². The fraction of sp³-hybridized carbons (Fsp3) is 1.00. The third kappa shape index (κ3) is 1.28. The summed E-state index contributed by atoms with van der Waals surface area (Å²) in [4.78, 5) is 0. The Balaban J connectivity index is 0.000000653. The molecule has 0 aliphatic carbocycles. The van der Waals surface area contributed by atoms with E-state index in [0.717, 1.165) is 17.3 Å². The van der Waals surface area contributed by atoms with Crippen LogP contribution in [0.4, 0.5) is 0 Å². The Labute approximate surface area is 104 Å². The molecule has 1 N–H and O–H groups in total. The van der Waals surface area contributed by atoms with Crippen molar-refractivity contribution in [2.24, 2.45) is 0 Å². The van der Waals surface area contributed by atoms with E-state index in [2.05, 4.69) is 14.1 Å². The van der Waals surface area contributed by atoms with Gasteiger partial charge in [-0.15, -0.1) is 0 Å². The van der Waals surface area contributed by atoms with Gasteiger partial charge in [0.2, 0.25) is 0 Å². The molecule has 3 heterocycles. The molecule has 0 aromatic rings. The second-order valence-corrected chi connectivity index (χ2v) is 4.95. The monoisotopic (exact) mass is 259 g/mol. The van der Waals surface area contributed by atoms with Crippen LogP contribution in [0.1, 0.15) is 12.8 Å². The van der Waals surface area contributed by atoms with Gasteiger partial charge in [0.1, 0.15) is 24.3 Å². The number of likely N-dealkylation sites (N-methyl/N-ethyl adjacent to an activating group) is 1. The van der Waals surface area contributed by atoms with Crippen molar-refractivity contribution in [2.75, 3.05) is 14.1 Å². The molecule has 3 saturated heterocycles. The predicted octanol–water partition coefficient (Wildman–Crippen LogP) is -0.267. The van der Waals surface area contributed by atoms with Gasteiger partial charge in [-0.2, -0.15) is 0 Å². The molecular formula is C9H16NO2Y+. The third-order valence-corrected chi connectivity index (χ3v) is 4.06. The summed E-state index contributed by atoms with van der Waals surface area (Å²) >= 11 is 0. The van der Waals surface area contributed by atoms with Crippen molar-refractivity contribution in [2.45, 2.75) is 43.2 Å². The van der Waals surface area contributed by atoms with E-state index in [1.165, 1.54) is 0 Å². The normalized spacial score (nSPS) is 55.2. The molecule has 0 amide bonds. The minimum absolute atomic E-state index is 0. The SMILES string of the molecule is C[N+]1(C)C2CC(O)C[C@H]1[C@H]1OC21.[Y]. The van der Waals surface area contributed by atoms with Crippen LogP contribution in [0.3, 0.4) is 0 Å². The second-order valence-electron chi connectivity index (χ2n) is 4.95. The third-order valence-electron chi connectivity index (χ3n) is 4.06. The number of aliphatic hydroxyl groups excluding tert-OH is 1. The van der Waals surface area contributed by atoms with E-state index in [4.69, 9.17) is 4.74 Å². The number of ether oxygens (including phenoxy) is 1. The molecule has 3 aliphatic heterocycles. The van der Waals surface area contributed by atoms with Gasteiger partial charge in [-0.05, 0) is 0 Å². The molecule has 3 fully saturated rings. The average molecular weight is 259 g/mol. The average Bonchev–Trinajstić information content (AvgIpc) is 2.66. The maximum atomic E-state index is 9.60. The van der Waals surface area contributed by atoms with E-state index in [9.17, 15) is 5.11 Å². The van der Waals surface area contributed by atoms with E-state index in [1.807, 2.05) is 0 Å². The van der Waals surface area contributed by atoms with Crippen molar-refractivity contribution < 1.29 is 47.0 Å². The standard InChI is InChI=1S/C9H16NO2.Y/c1-10(2)6-3-5(11)4-7(10)9-8(6)12-9;/h5-9,11H,3-4H2,1-2H3;/q+1;/t5?,6-,7?,8+,9?;/m0./s1. The van der Waals surface area contributed by atoms with Gasteiger partial charge in [0, 0.05) is 45.6 Å². The molecule has 13 heavy (non-hydrogen) atoms. The maximum Gasteiger partial charge on any atom is 0.142 e. The smallest absolute Gasteiger partial charge is 0.142 e. The molecule has 4 heteroatoms. The number of hydrogen-bond donors (Lipinski definition) is 1. The fourth-order valence-electron chi connectivity index (χ4n) is 3.22. The number of aliphatic hydroxyl groups is 1. The quantitative estimate of drug-likeness (QED) is 0.480. The van der Waals surface area contributed by atoms with Crippen molar-refractivity contribution in [1.29, 1.82) is 0 Å². The number of quaternary nitrogens is 1. The zero-order valence-corrected chi connectivity index (χ0v) is 11.0. The number of piperidine rings is 1. The molecular weight excluding hydrogens is 243 g/mol. The first-order valence-electron chi connectivity index (χ1n) is 4.77. The van der Waals surface area contributed by atoms with Crippen molar-refractivity contribution >= 4 is 0 Å². The zero-order valence-electron chi connectivity index (χ0n) is 8.18. The Morgan fingerprint density at radius 1 is 1.15 bits per heavy atom. The van der Waals surface area contributed by atoms with Gasteiger partial charge >= 0.3 is 0 Å². The van der Waals surface area contributed by atoms with Crippen molar-refractivity contribution in [1.82, 2.24) is 0 Å². The van der Waals surface area contributed by atoms with Gasteiger partial charge in [-0.3, -0.25) is 0 Å². The van der Waals surface area contributed by atoms with Crippen molar-refractivity contribution in [3.05, 3.63) is 0 Å². The Hall–Kier alpha value is 0.984. The Morgan fingerprint density at radius 3 is 2.08 bits per heavy atom. The molecule has 5 atom stereocenters. The molecule has 71 valence electrons. The first-order valence-corrected chi connectivity index (χ1v) is 4.77. The number of morpholine rings is 1. The van der Waals surface area contributed by atoms with Gasteiger partial charge < -0.3 is 14.3 Å². The Kier molecular flexibility index (Phi) is 2.41. The number of rotatable bonds is 0. The molecule has 0 aromatic heterocycles. The summed E-state index contributed by atoms with van der Waals surface area (Å²) < 4.78 is 6.65. The molecule has 2 bridgehead atoms. The molecule has 0 spiro atoms. The predicted molar refractivity (Wildman–Crippen MR) is 43.6 cm³/mol. The number of fused-ring (bicyclic) bond motifs is 5. The van der Waals surface area contributed by atoms with Crippen LogP contribution in [-0.2, 0) is 37.4 Å². The summed E-state index contributed by atoms with van der Waals surface area (Å²) in [6, 6.07) is 1.12. The van der Waals surface area contributed by atoms with Crippen LogP contribution < -0.4 is 0 Å². The summed E-state index contributed by atoms with van der Waals surface area (Å²) in [7, 11) is 4.55. The van der Waals surface area contributed by atoms with Crippen LogP contribution in [0, 0.1) is 0 Å². The van der Waals surface area contributed by atoms with Gasteiger partial charge in [0.05, 0.1) is 20.2 Å². The van der Waals surface area contributed by atoms with Gasteiger partial charge in [0.25, 0.3) is 0 Å². The molecule has 3 nitrogen and oxygen atoms in total. The number of nitrogens with zero attached hydrogens (tertiary/aromatic N) is 1. The summed E-state index contributed by atoms with van der Waals surface area (Å²) in [6.07, 6.45) is 2.75. The first kappa shape index (κ1) is 10.5. The van der Waals surface area contributed by atoms with Gasteiger partial charge in [-0.25, -0.2) is 0 Å². The van der Waals surface area contributed by atoms with E-state index in [-0.39, 0.29) is 38.8 Å². The van der Waals surface area contributed by atoms with Crippen LogP contribution >= 0.6 is 0 Å². The zero-order chi connectivity index (χ0) is 8.51. The van der Waals surface area contributed by atoms with E-state index >= 15 is 0 Å². The van der Waals surface area contributed by atoms with Crippen LogP contribution in [-0.4, -0.2) is 54.1 Å². The Morgan fingerprint density at radius 2 is 1.62 bits per heavy atom. The molecule has 3 unspecified atom stereocenters. The fourth-order valence-corrected chi connectivity index (χ4v) is 3.22. The molecule has 0 aromatic carbocycles. The molecule has 0 saturated carbocycles. The largest absolute Gasteiger partial charge is 0.393 e. The first-order chi connectivity index (χ1) is 5.60. The maximum absolute atomic E-state index is 9.60. The summed E-state index contributed by atoms with van der Waals surface area (Å²) in [6.45, 7) is 0. The minimum atomic E-state index is -0.0671. The second kappa shape index (κ2) is 2.99. The molecule has 1 radical (unpaired) electrons. The summed E-state index contributed by atoms with van der Waals surface area (Å²) in [5.74, 6) is 0. The Bertz CT molecular complexity index is 214. The van der Waals surface area contributed by atoms with E-state index < -0.39 is 0 Å². The van der Waals surface area contributed by atoms with Crippen molar-refractivity contribution in [3.8, 4) is 0 Å². The van der Waals surface area contributed by atoms with Crippen LogP contribution in [0.2, 0.25) is 0 Å². The van der Waals surface area contributed by atoms with E-state index in [1.54, 1.807) is 0 Å². The van der Waals surface area contributed by atoms with Crippen LogP contribution in [0.15, 0.2) is 0 Å². The van der Waals surface area contributed by atoms with E-state index in [0.29, 0.717) is 24.3 Å². The summed E-state index contributed by atoms with van der Waals surface area (Å²) in [5, 5.41) is 9.60. The molecule has 3 rings (SSSR count).